The lowest BCUT2D eigenvalue weighted by Crippen LogP contribution is -2.07. The lowest BCUT2D eigenvalue weighted by Gasteiger charge is -2.12. The van der Waals surface area contributed by atoms with Gasteiger partial charge in [-0.25, -0.2) is 0 Å². The summed E-state index contributed by atoms with van der Waals surface area (Å²) >= 11 is 4.24. The van der Waals surface area contributed by atoms with Crippen molar-refractivity contribution in [2.45, 2.75) is 16.4 Å². The summed E-state index contributed by atoms with van der Waals surface area (Å²) in [5.74, 6) is 0. The molecule has 1 rings (SSSR count). The van der Waals surface area contributed by atoms with E-state index < -0.39 is 11.7 Å². The summed E-state index contributed by atoms with van der Waals surface area (Å²) in [4.78, 5) is 0.266. The van der Waals surface area contributed by atoms with Crippen molar-refractivity contribution in [1.29, 1.82) is 0 Å². The van der Waals surface area contributed by atoms with Crippen LogP contribution in [0.2, 0.25) is 0 Å². The third-order valence-corrected chi connectivity index (χ3v) is 3.17. The van der Waals surface area contributed by atoms with Crippen LogP contribution in [0.3, 0.4) is 0 Å². The Bertz CT molecular complexity index is 322. The molecule has 0 amide bonds. The van der Waals surface area contributed by atoms with Crippen molar-refractivity contribution >= 4 is 27.7 Å². The largest absolute Gasteiger partial charge is 0.417 e. The second kappa shape index (κ2) is 4.57. The molecule has 0 saturated carbocycles. The molecule has 5 heteroatoms. The zero-order valence-corrected chi connectivity index (χ0v) is 9.76. The molecule has 0 bridgehead atoms. The summed E-state index contributed by atoms with van der Waals surface area (Å²) in [5, 5.41) is 0.435. The van der Waals surface area contributed by atoms with Gasteiger partial charge in [-0.2, -0.15) is 13.2 Å². The molecule has 1 aromatic carbocycles. The minimum atomic E-state index is -4.27. The van der Waals surface area contributed by atoms with Crippen LogP contribution in [0.15, 0.2) is 23.1 Å². The van der Waals surface area contributed by atoms with Crippen LogP contribution < -0.4 is 0 Å². The Morgan fingerprint density at radius 2 is 2.00 bits per heavy atom. The zero-order valence-electron chi connectivity index (χ0n) is 7.36. The van der Waals surface area contributed by atoms with Gasteiger partial charge in [0.25, 0.3) is 0 Å². The molecule has 0 N–H and O–H groups in total. The highest BCUT2D eigenvalue weighted by molar-refractivity contribution is 9.08. The van der Waals surface area contributed by atoms with Crippen LogP contribution in [0, 0.1) is 0 Å². The third kappa shape index (κ3) is 2.67. The minimum absolute atomic E-state index is 0.266. The standard InChI is InChI=1S/C9H8BrF3S/c1-14-8-3-2-6(5-10)4-7(8)9(11,12)13/h2-4H,5H2,1H3. The van der Waals surface area contributed by atoms with Gasteiger partial charge in [-0.1, -0.05) is 22.0 Å². The normalized spacial score (nSPS) is 11.8. The molecule has 1 aromatic rings. The zero-order chi connectivity index (χ0) is 10.8. The molecular weight excluding hydrogens is 277 g/mol. The van der Waals surface area contributed by atoms with Crippen LogP contribution in [-0.2, 0) is 11.5 Å². The van der Waals surface area contributed by atoms with Crippen LogP contribution >= 0.6 is 27.7 Å². The SMILES string of the molecule is CSc1ccc(CBr)cc1C(F)(F)F. The van der Waals surface area contributed by atoms with Crippen LogP contribution in [0.5, 0.6) is 0 Å². The topological polar surface area (TPSA) is 0 Å². The Balaban J connectivity index is 3.22. The monoisotopic (exact) mass is 284 g/mol. The van der Waals surface area contributed by atoms with E-state index in [2.05, 4.69) is 15.9 Å². The van der Waals surface area contributed by atoms with Gasteiger partial charge in [0.1, 0.15) is 0 Å². The van der Waals surface area contributed by atoms with E-state index in [-0.39, 0.29) is 4.90 Å². The van der Waals surface area contributed by atoms with Crippen molar-refractivity contribution in [3.63, 3.8) is 0 Å². The first-order chi connectivity index (χ1) is 6.49. The first kappa shape index (κ1) is 11.9. The maximum Gasteiger partial charge on any atom is 0.417 e. The highest BCUT2D eigenvalue weighted by Gasteiger charge is 2.33. The number of benzene rings is 1. The van der Waals surface area contributed by atoms with Crippen molar-refractivity contribution in [3.05, 3.63) is 29.3 Å². The van der Waals surface area contributed by atoms with Gasteiger partial charge in [-0.05, 0) is 24.0 Å². The Labute approximate surface area is 93.0 Å². The average Bonchev–Trinajstić information content (AvgIpc) is 2.15. The van der Waals surface area contributed by atoms with E-state index in [4.69, 9.17) is 0 Å². The Morgan fingerprint density at radius 3 is 2.43 bits per heavy atom. The molecule has 0 aromatic heterocycles. The van der Waals surface area contributed by atoms with E-state index >= 15 is 0 Å². The molecule has 0 nitrogen and oxygen atoms in total. The van der Waals surface area contributed by atoms with Crippen molar-refractivity contribution in [3.8, 4) is 0 Å². The molecule has 0 heterocycles. The van der Waals surface area contributed by atoms with Crippen molar-refractivity contribution < 1.29 is 13.2 Å². The lowest BCUT2D eigenvalue weighted by atomic mass is 10.1. The number of alkyl halides is 4. The molecular formula is C9H8BrF3S. The van der Waals surface area contributed by atoms with Gasteiger partial charge in [0.2, 0.25) is 0 Å². The van der Waals surface area contributed by atoms with Crippen LogP contribution in [0.25, 0.3) is 0 Å². The maximum atomic E-state index is 12.5. The van der Waals surface area contributed by atoms with Crippen LogP contribution in [0.1, 0.15) is 11.1 Å². The average molecular weight is 285 g/mol. The molecule has 0 aliphatic carbocycles. The van der Waals surface area contributed by atoms with E-state index in [1.165, 1.54) is 12.1 Å². The summed E-state index contributed by atoms with van der Waals surface area (Å²) in [6, 6.07) is 4.38. The highest BCUT2D eigenvalue weighted by Crippen LogP contribution is 2.36. The molecule has 0 aliphatic rings. The molecule has 0 atom stereocenters. The highest BCUT2D eigenvalue weighted by atomic mass is 79.9. The van der Waals surface area contributed by atoms with Crippen molar-refractivity contribution in [2.75, 3.05) is 6.26 Å². The van der Waals surface area contributed by atoms with Gasteiger partial charge >= 0.3 is 6.18 Å². The molecule has 0 radical (unpaired) electrons. The third-order valence-electron chi connectivity index (χ3n) is 1.72. The second-order valence-electron chi connectivity index (χ2n) is 2.67. The van der Waals surface area contributed by atoms with E-state index in [1.807, 2.05) is 0 Å². The summed E-state index contributed by atoms with van der Waals surface area (Å²) in [6.45, 7) is 0. The smallest absolute Gasteiger partial charge is 0.166 e. The van der Waals surface area contributed by atoms with E-state index in [0.29, 0.717) is 10.9 Å². The van der Waals surface area contributed by atoms with Crippen molar-refractivity contribution in [1.82, 2.24) is 0 Å². The quantitative estimate of drug-likeness (QED) is 0.576. The summed E-state index contributed by atoms with van der Waals surface area (Å²) in [6.07, 6.45) is -2.63. The number of hydrogen-bond acceptors (Lipinski definition) is 1. The predicted molar refractivity (Wildman–Crippen MR) is 55.9 cm³/mol. The van der Waals surface area contributed by atoms with E-state index in [1.54, 1.807) is 12.3 Å². The van der Waals surface area contributed by atoms with E-state index in [9.17, 15) is 13.2 Å². The number of hydrogen-bond donors (Lipinski definition) is 0. The molecule has 0 saturated heterocycles. The van der Waals surface area contributed by atoms with Gasteiger partial charge < -0.3 is 0 Å². The van der Waals surface area contributed by atoms with Gasteiger partial charge in [-0.3, -0.25) is 0 Å². The van der Waals surface area contributed by atoms with Crippen LogP contribution in [0.4, 0.5) is 13.2 Å². The van der Waals surface area contributed by atoms with Gasteiger partial charge in [0, 0.05) is 10.2 Å². The first-order valence-corrected chi connectivity index (χ1v) is 6.13. The van der Waals surface area contributed by atoms with E-state index in [0.717, 1.165) is 11.8 Å². The Morgan fingerprint density at radius 1 is 1.36 bits per heavy atom. The molecule has 78 valence electrons. The fourth-order valence-electron chi connectivity index (χ4n) is 1.06. The summed E-state index contributed by atoms with van der Waals surface area (Å²) < 4.78 is 37.6. The van der Waals surface area contributed by atoms with Gasteiger partial charge in [-0.15, -0.1) is 11.8 Å². The second-order valence-corrected chi connectivity index (χ2v) is 4.07. The van der Waals surface area contributed by atoms with Crippen LogP contribution in [-0.4, -0.2) is 6.26 Å². The maximum absolute atomic E-state index is 12.5. The first-order valence-electron chi connectivity index (χ1n) is 3.79. The Kier molecular flexibility index (Phi) is 3.89. The number of rotatable bonds is 2. The Hall–Kier alpha value is -0.160. The predicted octanol–water partition coefficient (Wildman–Crippen LogP) is 4.32. The molecule has 0 spiro atoms. The van der Waals surface area contributed by atoms with Gasteiger partial charge in [0.05, 0.1) is 5.56 Å². The molecule has 0 aliphatic heterocycles. The number of halogens is 4. The lowest BCUT2D eigenvalue weighted by molar-refractivity contribution is -0.139. The fraction of sp³-hybridized carbons (Fsp3) is 0.333. The molecule has 0 unspecified atom stereocenters. The number of thioether (sulfide) groups is 1. The van der Waals surface area contributed by atoms with Gasteiger partial charge in [0.15, 0.2) is 0 Å². The minimum Gasteiger partial charge on any atom is -0.166 e. The summed E-state index contributed by atoms with van der Waals surface area (Å²) in [7, 11) is 0. The molecule has 0 fully saturated rings. The molecule has 14 heavy (non-hydrogen) atoms. The van der Waals surface area contributed by atoms with Crippen molar-refractivity contribution in [2.24, 2.45) is 0 Å². The fourth-order valence-corrected chi connectivity index (χ4v) is 2.01. The summed E-state index contributed by atoms with van der Waals surface area (Å²) in [5.41, 5.74) is 0.0806.